The Labute approximate surface area is 146 Å². The van der Waals surface area contributed by atoms with E-state index in [0.717, 1.165) is 37.8 Å². The first-order chi connectivity index (χ1) is 10.9. The Kier molecular flexibility index (Phi) is 8.21. The van der Waals surface area contributed by atoms with Crippen LogP contribution in [0.15, 0.2) is 24.3 Å². The topological polar surface area (TPSA) is 30.5 Å². The molecular weight excluding hydrogens is 310 g/mol. The quantitative estimate of drug-likeness (QED) is 0.850. The lowest BCUT2D eigenvalue weighted by Crippen LogP contribution is -2.41. The molecule has 0 bridgehead atoms. The highest BCUT2D eigenvalue weighted by Crippen LogP contribution is 2.29. The zero-order valence-electron chi connectivity index (χ0n) is 14.0. The third kappa shape index (κ3) is 5.98. The lowest BCUT2D eigenvalue weighted by atomic mass is 9.85. The molecule has 4 heteroatoms. The first-order valence-electron chi connectivity index (χ1n) is 8.95. The van der Waals surface area contributed by atoms with Gasteiger partial charge in [-0.05, 0) is 30.4 Å². The Morgan fingerprint density at radius 1 is 1.13 bits per heavy atom. The number of nitrogens with one attached hydrogen (secondary N) is 1. The molecule has 0 amide bonds. The molecule has 1 aromatic carbocycles. The van der Waals surface area contributed by atoms with Crippen molar-refractivity contribution < 1.29 is 9.47 Å². The van der Waals surface area contributed by atoms with E-state index in [1.807, 2.05) is 0 Å². The van der Waals surface area contributed by atoms with Crippen LogP contribution in [-0.4, -0.2) is 32.4 Å². The van der Waals surface area contributed by atoms with Crippen molar-refractivity contribution in [1.29, 1.82) is 0 Å². The highest BCUT2D eigenvalue weighted by molar-refractivity contribution is 5.85. The third-order valence-electron chi connectivity index (χ3n) is 4.95. The van der Waals surface area contributed by atoms with Gasteiger partial charge in [0.15, 0.2) is 0 Å². The van der Waals surface area contributed by atoms with Crippen LogP contribution < -0.4 is 10.1 Å². The molecular formula is C19H30ClNO2. The maximum absolute atomic E-state index is 6.05. The van der Waals surface area contributed by atoms with E-state index in [9.17, 15) is 0 Å². The van der Waals surface area contributed by atoms with Gasteiger partial charge in [-0.1, -0.05) is 50.3 Å². The summed E-state index contributed by atoms with van der Waals surface area (Å²) in [4.78, 5) is 0. The van der Waals surface area contributed by atoms with Gasteiger partial charge in [0, 0.05) is 13.1 Å². The van der Waals surface area contributed by atoms with Crippen LogP contribution in [-0.2, 0) is 11.2 Å². The Bertz CT molecular complexity index is 402. The fourth-order valence-electron chi connectivity index (χ4n) is 3.60. The van der Waals surface area contributed by atoms with Crippen molar-refractivity contribution in [3.05, 3.63) is 29.8 Å². The summed E-state index contributed by atoms with van der Waals surface area (Å²) in [6.07, 6.45) is 9.76. The van der Waals surface area contributed by atoms with Crippen LogP contribution in [0.3, 0.4) is 0 Å². The summed E-state index contributed by atoms with van der Waals surface area (Å²) in [6, 6.07) is 8.52. The number of rotatable bonds is 6. The molecule has 1 saturated heterocycles. The van der Waals surface area contributed by atoms with Gasteiger partial charge in [0.2, 0.25) is 0 Å². The average molecular weight is 340 g/mol. The number of hydrogen-bond acceptors (Lipinski definition) is 3. The van der Waals surface area contributed by atoms with Crippen molar-refractivity contribution in [2.45, 2.75) is 51.0 Å². The van der Waals surface area contributed by atoms with E-state index in [2.05, 4.69) is 29.6 Å². The monoisotopic (exact) mass is 339 g/mol. The van der Waals surface area contributed by atoms with Crippen molar-refractivity contribution in [2.75, 3.05) is 26.3 Å². The Hall–Kier alpha value is -0.770. The summed E-state index contributed by atoms with van der Waals surface area (Å²) < 4.78 is 11.8. The van der Waals surface area contributed by atoms with Crippen LogP contribution in [0.4, 0.5) is 0 Å². The maximum atomic E-state index is 6.05. The molecule has 1 aromatic rings. The van der Waals surface area contributed by atoms with Crippen molar-refractivity contribution in [3.8, 4) is 5.75 Å². The van der Waals surface area contributed by atoms with Gasteiger partial charge in [-0.2, -0.15) is 0 Å². The zero-order chi connectivity index (χ0) is 15.0. The lowest BCUT2D eigenvalue weighted by molar-refractivity contribution is -0.00000222. The molecule has 2 fully saturated rings. The van der Waals surface area contributed by atoms with Crippen molar-refractivity contribution >= 4 is 12.4 Å². The van der Waals surface area contributed by atoms with Crippen molar-refractivity contribution in [3.63, 3.8) is 0 Å². The van der Waals surface area contributed by atoms with E-state index in [0.29, 0.717) is 6.61 Å². The molecule has 3 rings (SSSR count). The molecule has 3 nitrogen and oxygen atoms in total. The van der Waals surface area contributed by atoms with E-state index in [1.54, 1.807) is 0 Å². The molecule has 1 atom stereocenters. The largest absolute Gasteiger partial charge is 0.491 e. The first-order valence-corrected chi connectivity index (χ1v) is 8.95. The van der Waals surface area contributed by atoms with Gasteiger partial charge in [-0.25, -0.2) is 0 Å². The van der Waals surface area contributed by atoms with Gasteiger partial charge in [0.1, 0.15) is 18.5 Å². The van der Waals surface area contributed by atoms with Crippen LogP contribution in [0.5, 0.6) is 5.75 Å². The molecule has 0 radical (unpaired) electrons. The minimum Gasteiger partial charge on any atom is -0.491 e. The van der Waals surface area contributed by atoms with E-state index in [1.165, 1.54) is 44.1 Å². The van der Waals surface area contributed by atoms with Gasteiger partial charge >= 0.3 is 0 Å². The Balaban J connectivity index is 0.00000192. The van der Waals surface area contributed by atoms with Crippen molar-refractivity contribution in [2.24, 2.45) is 5.92 Å². The number of ether oxygens (including phenoxy) is 2. The number of halogens is 1. The van der Waals surface area contributed by atoms with E-state index >= 15 is 0 Å². The number of benzene rings is 1. The van der Waals surface area contributed by atoms with Gasteiger partial charge in [0.05, 0.1) is 6.61 Å². The zero-order valence-corrected chi connectivity index (χ0v) is 14.8. The molecule has 1 aliphatic heterocycles. The Morgan fingerprint density at radius 3 is 2.74 bits per heavy atom. The number of para-hydroxylation sites is 1. The molecule has 23 heavy (non-hydrogen) atoms. The van der Waals surface area contributed by atoms with E-state index in [4.69, 9.17) is 9.47 Å². The normalized spacial score (nSPS) is 22.3. The third-order valence-corrected chi connectivity index (χ3v) is 4.95. The van der Waals surface area contributed by atoms with Crippen LogP contribution in [0.2, 0.25) is 0 Å². The van der Waals surface area contributed by atoms with Crippen LogP contribution in [0, 0.1) is 5.92 Å². The summed E-state index contributed by atoms with van der Waals surface area (Å²) in [5.74, 6) is 1.97. The second kappa shape index (κ2) is 10.2. The highest BCUT2D eigenvalue weighted by atomic mass is 35.5. The average Bonchev–Trinajstić information content (AvgIpc) is 2.61. The second-order valence-corrected chi connectivity index (χ2v) is 6.66. The van der Waals surface area contributed by atoms with E-state index < -0.39 is 0 Å². The van der Waals surface area contributed by atoms with Gasteiger partial charge < -0.3 is 14.8 Å². The summed E-state index contributed by atoms with van der Waals surface area (Å²) in [7, 11) is 0. The summed E-state index contributed by atoms with van der Waals surface area (Å²) in [5.41, 5.74) is 1.36. The predicted octanol–water partition coefficient (Wildman–Crippen LogP) is 3.99. The molecule has 1 unspecified atom stereocenters. The summed E-state index contributed by atoms with van der Waals surface area (Å²) in [6.45, 7) is 3.28. The molecule has 1 saturated carbocycles. The summed E-state index contributed by atoms with van der Waals surface area (Å²) in [5, 5.41) is 3.35. The Morgan fingerprint density at radius 2 is 1.96 bits per heavy atom. The highest BCUT2D eigenvalue weighted by Gasteiger charge is 2.16. The second-order valence-electron chi connectivity index (χ2n) is 6.66. The maximum Gasteiger partial charge on any atom is 0.122 e. The summed E-state index contributed by atoms with van der Waals surface area (Å²) >= 11 is 0. The fourth-order valence-corrected chi connectivity index (χ4v) is 3.60. The van der Waals surface area contributed by atoms with Crippen LogP contribution >= 0.6 is 12.4 Å². The predicted molar refractivity (Wildman–Crippen MR) is 96.7 cm³/mol. The first kappa shape index (κ1) is 18.6. The fraction of sp³-hybridized carbons (Fsp3) is 0.684. The molecule has 130 valence electrons. The van der Waals surface area contributed by atoms with Gasteiger partial charge in [-0.3, -0.25) is 0 Å². The van der Waals surface area contributed by atoms with Gasteiger partial charge in [-0.15, -0.1) is 12.4 Å². The molecule has 0 aromatic heterocycles. The number of hydrogen-bond donors (Lipinski definition) is 1. The molecule has 1 aliphatic carbocycles. The molecule has 2 aliphatic rings. The van der Waals surface area contributed by atoms with Crippen molar-refractivity contribution in [1.82, 2.24) is 5.32 Å². The molecule has 1 N–H and O–H groups in total. The van der Waals surface area contributed by atoms with E-state index in [-0.39, 0.29) is 18.5 Å². The molecule has 1 heterocycles. The lowest BCUT2D eigenvalue weighted by Gasteiger charge is -2.24. The van der Waals surface area contributed by atoms with Crippen LogP contribution in [0.25, 0.3) is 0 Å². The molecule has 0 spiro atoms. The van der Waals surface area contributed by atoms with Gasteiger partial charge in [0.25, 0.3) is 0 Å². The standard InChI is InChI=1S/C19H29NO2.ClH/c1-2-6-16(7-3-1)10-11-17-8-4-5-9-19(17)22-15-18-14-20-12-13-21-18;/h4-5,8-9,16,18,20H,1-3,6-7,10-15H2;1H. The number of morpholine rings is 1. The minimum atomic E-state index is 0. The minimum absolute atomic E-state index is 0. The smallest absolute Gasteiger partial charge is 0.122 e. The SMILES string of the molecule is Cl.c1ccc(OCC2CNCCO2)c(CCC2CCCCC2)c1. The number of aryl methyl sites for hydroxylation is 1. The van der Waals surface area contributed by atoms with Crippen LogP contribution in [0.1, 0.15) is 44.1 Å².